The molecular formula is C17H21ClN7O4+. The predicted octanol–water partition coefficient (Wildman–Crippen LogP) is 0.943. The fraction of sp³-hybridized carbons (Fsp3) is 0.412. The van der Waals surface area contributed by atoms with Gasteiger partial charge in [0.15, 0.2) is 0 Å². The second kappa shape index (κ2) is 8.03. The number of nitro groups is 1. The van der Waals surface area contributed by atoms with Crippen LogP contribution >= 0.6 is 11.6 Å². The lowest BCUT2D eigenvalue weighted by atomic mass is 10.2. The molecule has 0 bridgehead atoms. The van der Waals surface area contributed by atoms with Crippen LogP contribution in [0.2, 0.25) is 5.02 Å². The lowest BCUT2D eigenvalue weighted by molar-refractivity contribution is -0.507. The van der Waals surface area contributed by atoms with E-state index >= 15 is 0 Å². The molecule has 3 rings (SSSR count). The highest BCUT2D eigenvalue weighted by Crippen LogP contribution is 2.27. The number of nitrogens with one attached hydrogen (secondary N) is 2. The van der Waals surface area contributed by atoms with E-state index in [4.69, 9.17) is 11.6 Å². The van der Waals surface area contributed by atoms with Crippen molar-refractivity contribution in [1.29, 1.82) is 0 Å². The fourth-order valence-corrected chi connectivity index (χ4v) is 3.33. The van der Waals surface area contributed by atoms with Crippen LogP contribution in [0.3, 0.4) is 0 Å². The molecule has 0 saturated carbocycles. The van der Waals surface area contributed by atoms with Crippen molar-refractivity contribution < 1.29 is 19.1 Å². The van der Waals surface area contributed by atoms with Gasteiger partial charge in [-0.3, -0.25) is 30.0 Å². The standard InChI is InChI=1S/C17H20ClN7O4/c1-22-13-14(23(2)17(27)24(3)15(13)26)21-16(22)20-8-4-7-19-11-6-5-10(18)9-12(11)25(28)29/h5-6,9,13,19H,4,7-8H2,1-3H3/p+1. The SMILES string of the molecule is CN1C(=O)C2C(=NC(NCCCNc3ccc(Cl)cc3[N+](=O)[O-])=[N+]2C)N(C)C1=O. The lowest BCUT2D eigenvalue weighted by Gasteiger charge is -2.31. The molecule has 0 spiro atoms. The first-order valence-corrected chi connectivity index (χ1v) is 9.25. The van der Waals surface area contributed by atoms with Crippen molar-refractivity contribution in [3.63, 3.8) is 0 Å². The highest BCUT2D eigenvalue weighted by atomic mass is 35.5. The number of nitro benzene ring substituents is 1. The molecule has 0 aliphatic carbocycles. The Balaban J connectivity index is 1.57. The lowest BCUT2D eigenvalue weighted by Crippen LogP contribution is -2.61. The van der Waals surface area contributed by atoms with Gasteiger partial charge in [-0.15, -0.1) is 0 Å². The normalized spacial score (nSPS) is 18.8. The Bertz CT molecular complexity index is 946. The smallest absolute Gasteiger partial charge is 0.379 e. The van der Waals surface area contributed by atoms with Crippen molar-refractivity contribution in [2.45, 2.75) is 12.5 Å². The number of benzene rings is 1. The number of aliphatic imine (C=N–C) groups is 1. The molecule has 11 nitrogen and oxygen atoms in total. The van der Waals surface area contributed by atoms with E-state index in [2.05, 4.69) is 15.6 Å². The summed E-state index contributed by atoms with van der Waals surface area (Å²) >= 11 is 5.81. The molecule has 0 aromatic heterocycles. The molecule has 1 aromatic rings. The van der Waals surface area contributed by atoms with E-state index in [9.17, 15) is 19.7 Å². The number of amidine groups is 1. The molecule has 12 heteroatoms. The monoisotopic (exact) mass is 422 g/mol. The van der Waals surface area contributed by atoms with E-state index in [-0.39, 0.29) is 11.6 Å². The highest BCUT2D eigenvalue weighted by molar-refractivity contribution is 6.31. The number of imide groups is 1. The van der Waals surface area contributed by atoms with Gasteiger partial charge in [0.05, 0.1) is 18.5 Å². The van der Waals surface area contributed by atoms with Gasteiger partial charge in [-0.1, -0.05) is 16.6 Å². The maximum absolute atomic E-state index is 12.4. The summed E-state index contributed by atoms with van der Waals surface area (Å²) in [6, 6.07) is 3.39. The Kier molecular flexibility index (Phi) is 5.69. The number of anilines is 1. The Hall–Kier alpha value is -3.21. The molecule has 1 fully saturated rings. The number of nitrogens with zero attached hydrogens (tertiary/aromatic N) is 5. The minimum Gasteiger partial charge on any atom is -0.379 e. The second-order valence-corrected chi connectivity index (χ2v) is 7.11. The van der Waals surface area contributed by atoms with Gasteiger partial charge in [0.1, 0.15) is 5.69 Å². The molecule has 2 aliphatic heterocycles. The molecule has 1 aromatic carbocycles. The number of likely N-dealkylation sites (N-methyl/N-ethyl adjacent to an activating group) is 3. The molecule has 0 radical (unpaired) electrons. The molecule has 2 aliphatic rings. The third kappa shape index (κ3) is 3.86. The summed E-state index contributed by atoms with van der Waals surface area (Å²) < 4.78 is 1.69. The van der Waals surface area contributed by atoms with Crippen LogP contribution in [0.5, 0.6) is 0 Å². The van der Waals surface area contributed by atoms with Crippen LogP contribution in [0.25, 0.3) is 0 Å². The van der Waals surface area contributed by atoms with Gasteiger partial charge < -0.3 is 5.32 Å². The zero-order chi connectivity index (χ0) is 21.3. The Morgan fingerprint density at radius 2 is 1.93 bits per heavy atom. The molecule has 2 heterocycles. The summed E-state index contributed by atoms with van der Waals surface area (Å²) in [6.07, 6.45) is 0.634. The molecule has 1 unspecified atom stereocenters. The van der Waals surface area contributed by atoms with Crippen molar-refractivity contribution in [3.8, 4) is 0 Å². The van der Waals surface area contributed by atoms with Gasteiger partial charge in [0.25, 0.3) is 11.6 Å². The number of halogens is 1. The van der Waals surface area contributed by atoms with E-state index in [0.29, 0.717) is 42.0 Å². The minimum atomic E-state index is -0.639. The van der Waals surface area contributed by atoms with Crippen LogP contribution in [0.1, 0.15) is 6.42 Å². The Morgan fingerprint density at radius 3 is 2.62 bits per heavy atom. The molecule has 1 saturated heterocycles. The predicted molar refractivity (Wildman–Crippen MR) is 108 cm³/mol. The third-order valence-electron chi connectivity index (χ3n) is 4.78. The molecular weight excluding hydrogens is 402 g/mol. The Labute approximate surface area is 171 Å². The van der Waals surface area contributed by atoms with Gasteiger partial charge >= 0.3 is 12.0 Å². The van der Waals surface area contributed by atoms with Gasteiger partial charge in [-0.05, 0) is 18.6 Å². The quantitative estimate of drug-likeness (QED) is 0.304. The maximum Gasteiger partial charge on any atom is 0.389 e. The van der Waals surface area contributed by atoms with E-state index in [1.807, 2.05) is 0 Å². The summed E-state index contributed by atoms with van der Waals surface area (Å²) in [6.45, 7) is 0.992. The highest BCUT2D eigenvalue weighted by Gasteiger charge is 2.50. The van der Waals surface area contributed by atoms with Gasteiger partial charge in [-0.2, -0.15) is 0 Å². The van der Waals surface area contributed by atoms with Crippen LogP contribution in [-0.2, 0) is 4.79 Å². The minimum absolute atomic E-state index is 0.0822. The average molecular weight is 423 g/mol. The summed E-state index contributed by atoms with van der Waals surface area (Å²) in [7, 11) is 4.75. The van der Waals surface area contributed by atoms with Crippen molar-refractivity contribution in [2.75, 3.05) is 39.5 Å². The number of hydrogen-bond acceptors (Lipinski definition) is 7. The molecule has 29 heavy (non-hydrogen) atoms. The van der Waals surface area contributed by atoms with Crippen LogP contribution in [-0.4, -0.2) is 83.3 Å². The first kappa shape index (κ1) is 20.5. The number of rotatable bonds is 6. The number of urea groups is 1. The summed E-state index contributed by atoms with van der Waals surface area (Å²) in [5, 5.41) is 17.6. The Morgan fingerprint density at radius 1 is 1.24 bits per heavy atom. The van der Waals surface area contributed by atoms with Gasteiger partial charge in [0.2, 0.25) is 11.9 Å². The number of guanidine groups is 1. The van der Waals surface area contributed by atoms with Crippen LogP contribution in [0.4, 0.5) is 16.2 Å². The van der Waals surface area contributed by atoms with Crippen LogP contribution in [0, 0.1) is 10.1 Å². The molecule has 2 N–H and O–H groups in total. The summed E-state index contributed by atoms with van der Waals surface area (Å²) in [5.41, 5.74) is 0.311. The number of carbonyl (C=O) groups excluding carboxylic acids is 2. The average Bonchev–Trinajstić information content (AvgIpc) is 3.01. The zero-order valence-corrected chi connectivity index (χ0v) is 16.9. The largest absolute Gasteiger partial charge is 0.389 e. The van der Waals surface area contributed by atoms with E-state index < -0.39 is 17.0 Å². The van der Waals surface area contributed by atoms with Gasteiger partial charge in [0, 0.05) is 31.7 Å². The number of carbonyl (C=O) groups is 2. The van der Waals surface area contributed by atoms with Crippen molar-refractivity contribution in [1.82, 2.24) is 15.1 Å². The van der Waals surface area contributed by atoms with Crippen molar-refractivity contribution in [2.24, 2.45) is 4.99 Å². The van der Waals surface area contributed by atoms with Crippen LogP contribution in [0.15, 0.2) is 23.2 Å². The molecule has 154 valence electrons. The maximum atomic E-state index is 12.4. The summed E-state index contributed by atoms with van der Waals surface area (Å²) in [4.78, 5) is 41.9. The zero-order valence-electron chi connectivity index (χ0n) is 16.2. The summed E-state index contributed by atoms with van der Waals surface area (Å²) in [5.74, 6) is 0.548. The molecule has 3 amide bonds. The third-order valence-corrected chi connectivity index (χ3v) is 5.01. The molecule has 1 atom stereocenters. The van der Waals surface area contributed by atoms with E-state index in [0.717, 1.165) is 4.90 Å². The van der Waals surface area contributed by atoms with Crippen LogP contribution < -0.4 is 10.6 Å². The first-order valence-electron chi connectivity index (χ1n) is 8.87. The first-order chi connectivity index (χ1) is 13.7. The van der Waals surface area contributed by atoms with Gasteiger partial charge in [-0.25, -0.2) is 9.37 Å². The van der Waals surface area contributed by atoms with Crippen molar-refractivity contribution >= 4 is 46.7 Å². The number of fused-ring (bicyclic) bond motifs is 1. The fourth-order valence-electron chi connectivity index (χ4n) is 3.16. The van der Waals surface area contributed by atoms with E-state index in [1.54, 1.807) is 30.8 Å². The van der Waals surface area contributed by atoms with Crippen molar-refractivity contribution in [3.05, 3.63) is 33.3 Å². The topological polar surface area (TPSA) is 123 Å². The van der Waals surface area contributed by atoms with E-state index in [1.165, 1.54) is 18.0 Å². The number of hydrogen-bond donors (Lipinski definition) is 2. The number of amides is 3. The second-order valence-electron chi connectivity index (χ2n) is 6.67.